The van der Waals surface area contributed by atoms with Gasteiger partial charge in [0.25, 0.3) is 11.5 Å². The van der Waals surface area contributed by atoms with E-state index in [9.17, 15) is 9.59 Å². The van der Waals surface area contributed by atoms with Gasteiger partial charge in [0, 0.05) is 35.0 Å². The number of H-pyrrole nitrogens is 1. The van der Waals surface area contributed by atoms with Crippen molar-refractivity contribution in [2.24, 2.45) is 0 Å². The molecule has 0 aliphatic carbocycles. The number of hydrogen-bond donors (Lipinski definition) is 2. The number of hydrogen-bond acceptors (Lipinski definition) is 6. The van der Waals surface area contributed by atoms with Crippen LogP contribution >= 0.6 is 11.8 Å². The Hall–Kier alpha value is -3.39. The fourth-order valence-electron chi connectivity index (χ4n) is 3.60. The summed E-state index contributed by atoms with van der Waals surface area (Å²) in [4.78, 5) is 37.0. The summed E-state index contributed by atoms with van der Waals surface area (Å²) < 4.78 is 5.86. The average molecular weight is 449 g/mol. The summed E-state index contributed by atoms with van der Waals surface area (Å²) in [7, 11) is 0. The van der Waals surface area contributed by atoms with Crippen LogP contribution in [-0.2, 0) is 0 Å². The molecule has 7 nitrogen and oxygen atoms in total. The van der Waals surface area contributed by atoms with Gasteiger partial charge < -0.3 is 14.7 Å². The number of nitrogens with zero attached hydrogens (tertiary/aromatic N) is 2. The lowest BCUT2D eigenvalue weighted by molar-refractivity contribution is 0.0908. The number of pyridine rings is 1. The van der Waals surface area contributed by atoms with Crippen molar-refractivity contribution in [2.75, 3.05) is 12.0 Å². The molecular weight excluding hydrogens is 424 g/mol. The second kappa shape index (κ2) is 9.40. The number of rotatable bonds is 7. The molecule has 0 bridgehead atoms. The highest BCUT2D eigenvalue weighted by Gasteiger charge is 2.23. The van der Waals surface area contributed by atoms with Crippen LogP contribution < -0.4 is 10.9 Å². The minimum atomic E-state index is -0.443. The van der Waals surface area contributed by atoms with E-state index >= 15 is 0 Å². The van der Waals surface area contributed by atoms with Crippen LogP contribution in [0.15, 0.2) is 58.0 Å². The second-order valence-corrected chi connectivity index (χ2v) is 8.61. The Morgan fingerprint density at radius 3 is 2.84 bits per heavy atom. The summed E-state index contributed by atoms with van der Waals surface area (Å²) in [6, 6.07) is 10.4. The van der Waals surface area contributed by atoms with Gasteiger partial charge in [-0.2, -0.15) is 11.8 Å². The number of carbonyl (C=O) groups excluding carboxylic acids is 1. The summed E-state index contributed by atoms with van der Waals surface area (Å²) in [5, 5.41) is 3.95. The normalized spacial score (nSPS) is 12.1. The molecule has 3 aromatic heterocycles. The molecule has 0 aliphatic heterocycles. The Bertz CT molecular complexity index is 1310. The van der Waals surface area contributed by atoms with Crippen molar-refractivity contribution in [1.82, 2.24) is 20.3 Å². The van der Waals surface area contributed by atoms with Gasteiger partial charge in [-0.05, 0) is 56.5 Å². The van der Waals surface area contributed by atoms with Crippen molar-refractivity contribution in [3.05, 3.63) is 81.7 Å². The summed E-state index contributed by atoms with van der Waals surface area (Å²) >= 11 is 1.66. The summed E-state index contributed by atoms with van der Waals surface area (Å²) in [6.07, 6.45) is 5.91. The van der Waals surface area contributed by atoms with Gasteiger partial charge in [0.05, 0.1) is 11.7 Å². The van der Waals surface area contributed by atoms with Crippen LogP contribution in [0.4, 0.5) is 0 Å². The molecule has 3 heterocycles. The Morgan fingerprint density at radius 2 is 2.09 bits per heavy atom. The zero-order chi connectivity index (χ0) is 22.7. The molecule has 1 unspecified atom stereocenters. The molecule has 0 saturated heterocycles. The highest BCUT2D eigenvalue weighted by Crippen LogP contribution is 2.27. The van der Waals surface area contributed by atoms with E-state index in [0.29, 0.717) is 29.1 Å². The van der Waals surface area contributed by atoms with Gasteiger partial charge in [-0.1, -0.05) is 11.6 Å². The lowest BCUT2D eigenvalue weighted by atomic mass is 10.1. The van der Waals surface area contributed by atoms with Crippen molar-refractivity contribution in [3.63, 3.8) is 0 Å². The van der Waals surface area contributed by atoms with E-state index in [1.165, 1.54) is 6.07 Å². The van der Waals surface area contributed by atoms with Crippen LogP contribution in [0.2, 0.25) is 0 Å². The molecule has 4 aromatic rings. The van der Waals surface area contributed by atoms with E-state index in [4.69, 9.17) is 4.42 Å². The predicted octanol–water partition coefficient (Wildman–Crippen LogP) is 4.42. The molecule has 164 valence electrons. The number of aryl methyl sites for hydroxylation is 2. The number of aromatic amines is 1. The zero-order valence-electron chi connectivity index (χ0n) is 18.1. The second-order valence-electron chi connectivity index (χ2n) is 7.62. The Morgan fingerprint density at radius 1 is 1.25 bits per heavy atom. The molecule has 2 N–H and O–H groups in total. The number of nitrogens with one attached hydrogen (secondary N) is 2. The van der Waals surface area contributed by atoms with Crippen LogP contribution in [0.1, 0.15) is 39.8 Å². The van der Waals surface area contributed by atoms with Crippen molar-refractivity contribution < 1.29 is 9.21 Å². The third-order valence-electron chi connectivity index (χ3n) is 5.27. The van der Waals surface area contributed by atoms with E-state index in [-0.39, 0.29) is 17.2 Å². The van der Waals surface area contributed by atoms with E-state index in [2.05, 4.69) is 20.3 Å². The third-order valence-corrected chi connectivity index (χ3v) is 5.91. The summed E-state index contributed by atoms with van der Waals surface area (Å²) in [6.45, 7) is 3.88. The minimum Gasteiger partial charge on any atom is -0.451 e. The summed E-state index contributed by atoms with van der Waals surface area (Å²) in [5.41, 5.74) is 3.48. The topological polar surface area (TPSA) is 101 Å². The van der Waals surface area contributed by atoms with Gasteiger partial charge in [0.1, 0.15) is 11.4 Å². The van der Waals surface area contributed by atoms with Gasteiger partial charge in [-0.3, -0.25) is 14.6 Å². The van der Waals surface area contributed by atoms with E-state index in [0.717, 1.165) is 22.3 Å². The van der Waals surface area contributed by atoms with Crippen LogP contribution in [-0.4, -0.2) is 32.9 Å². The molecule has 0 spiro atoms. The van der Waals surface area contributed by atoms with Crippen LogP contribution in [0.5, 0.6) is 0 Å². The molecule has 0 aliphatic rings. The zero-order valence-corrected chi connectivity index (χ0v) is 19.0. The van der Waals surface area contributed by atoms with Crippen molar-refractivity contribution >= 4 is 28.6 Å². The molecular formula is C24H24N4O3S. The Labute approximate surface area is 189 Å². The van der Waals surface area contributed by atoms with E-state index in [1.54, 1.807) is 30.2 Å². The van der Waals surface area contributed by atoms with Gasteiger partial charge in [-0.25, -0.2) is 4.98 Å². The largest absolute Gasteiger partial charge is 0.451 e. The number of amides is 1. The van der Waals surface area contributed by atoms with Crippen molar-refractivity contribution in [3.8, 4) is 11.4 Å². The fraction of sp³-hybridized carbons (Fsp3) is 0.250. The molecule has 0 saturated carbocycles. The lowest BCUT2D eigenvalue weighted by Gasteiger charge is -2.18. The maximum absolute atomic E-state index is 13.2. The maximum atomic E-state index is 13.2. The van der Waals surface area contributed by atoms with E-state index < -0.39 is 6.04 Å². The Kier molecular flexibility index (Phi) is 6.41. The first-order valence-electron chi connectivity index (χ1n) is 10.3. The highest BCUT2D eigenvalue weighted by molar-refractivity contribution is 7.98. The molecule has 1 atom stereocenters. The van der Waals surface area contributed by atoms with Crippen molar-refractivity contribution in [1.29, 1.82) is 0 Å². The molecule has 32 heavy (non-hydrogen) atoms. The minimum absolute atomic E-state index is 0.275. The number of fused-ring (bicyclic) bond motifs is 1. The molecule has 1 aromatic carbocycles. The fourth-order valence-corrected chi connectivity index (χ4v) is 4.07. The monoisotopic (exact) mass is 448 g/mol. The molecule has 8 heteroatoms. The number of furan rings is 1. The first-order valence-corrected chi connectivity index (χ1v) is 11.7. The van der Waals surface area contributed by atoms with Crippen LogP contribution in [0.25, 0.3) is 22.4 Å². The van der Waals surface area contributed by atoms with Gasteiger partial charge in [0.2, 0.25) is 0 Å². The van der Waals surface area contributed by atoms with Gasteiger partial charge >= 0.3 is 0 Å². The standard InChI is InChI=1S/C24H24N4O3S/c1-14-6-7-20-17(11-14)15(2)22(31-20)24(30)27-18(8-10-32-3)19-12-21(29)28-23(26-19)16-5-4-9-25-13-16/h4-7,9,11-13,18H,8,10H2,1-3H3,(H,27,30)(H,26,28,29). The number of thioether (sulfide) groups is 1. The maximum Gasteiger partial charge on any atom is 0.287 e. The number of aromatic nitrogens is 3. The Balaban J connectivity index is 1.68. The number of benzene rings is 1. The quantitative estimate of drug-likeness (QED) is 0.434. The molecule has 4 rings (SSSR count). The van der Waals surface area contributed by atoms with E-state index in [1.807, 2.05) is 44.4 Å². The smallest absolute Gasteiger partial charge is 0.287 e. The number of carbonyl (C=O) groups is 1. The lowest BCUT2D eigenvalue weighted by Crippen LogP contribution is -2.31. The first kappa shape index (κ1) is 21.8. The van der Waals surface area contributed by atoms with Crippen LogP contribution in [0, 0.1) is 13.8 Å². The molecule has 1 amide bonds. The van der Waals surface area contributed by atoms with Crippen LogP contribution in [0.3, 0.4) is 0 Å². The predicted molar refractivity (Wildman–Crippen MR) is 127 cm³/mol. The molecule has 0 radical (unpaired) electrons. The highest BCUT2D eigenvalue weighted by atomic mass is 32.2. The molecule has 0 fully saturated rings. The third kappa shape index (κ3) is 4.60. The average Bonchev–Trinajstić information content (AvgIpc) is 3.12. The SMILES string of the molecule is CSCCC(NC(=O)c1oc2ccc(C)cc2c1C)c1cc(=O)[nH]c(-c2cccnc2)n1. The first-order chi connectivity index (χ1) is 15.5. The van der Waals surface area contributed by atoms with Crippen molar-refractivity contribution in [2.45, 2.75) is 26.3 Å². The summed E-state index contributed by atoms with van der Waals surface area (Å²) in [5.74, 6) is 1.16. The van der Waals surface area contributed by atoms with Gasteiger partial charge in [-0.15, -0.1) is 0 Å². The van der Waals surface area contributed by atoms with Gasteiger partial charge in [0.15, 0.2) is 5.76 Å².